The molecule has 3 heterocycles. The standard InChI is InChI=1S/C31H27Cl2N3O3S/c1-19-9-10-20-6-4-7-26(30(20)34-19)39-18-22-23(32)13-15-24(29(22)33)36(3)28(37)16-12-21-11-14-25(35(21)2)31(38)27-8-5-17-40-27/h4-11,13-15,17H,12,16,18H2,1-3H3. The molecule has 1 amide bonds. The van der Waals surface area contributed by atoms with Gasteiger partial charge in [-0.15, -0.1) is 11.3 Å². The van der Waals surface area contributed by atoms with Crippen molar-refractivity contribution in [2.24, 2.45) is 7.05 Å². The maximum atomic E-state index is 13.2. The number of benzene rings is 2. The fourth-order valence-electron chi connectivity index (χ4n) is 4.56. The average molecular weight is 593 g/mol. The summed E-state index contributed by atoms with van der Waals surface area (Å²) in [6.07, 6.45) is 0.721. The average Bonchev–Trinajstić information content (AvgIpc) is 3.61. The highest BCUT2D eigenvalue weighted by atomic mass is 35.5. The first-order valence-corrected chi connectivity index (χ1v) is 14.3. The van der Waals surface area contributed by atoms with Gasteiger partial charge in [-0.2, -0.15) is 0 Å². The lowest BCUT2D eigenvalue weighted by molar-refractivity contribution is -0.118. The number of amides is 1. The maximum Gasteiger partial charge on any atom is 0.227 e. The van der Waals surface area contributed by atoms with E-state index in [1.807, 2.05) is 72.4 Å². The van der Waals surface area contributed by atoms with E-state index >= 15 is 0 Å². The van der Waals surface area contributed by atoms with Crippen molar-refractivity contribution in [1.82, 2.24) is 9.55 Å². The van der Waals surface area contributed by atoms with Gasteiger partial charge in [0.25, 0.3) is 0 Å². The monoisotopic (exact) mass is 591 g/mol. The molecule has 0 saturated heterocycles. The summed E-state index contributed by atoms with van der Waals surface area (Å²) in [6, 6.07) is 20.5. The second kappa shape index (κ2) is 11.8. The number of aromatic nitrogens is 2. The van der Waals surface area contributed by atoms with Crippen molar-refractivity contribution < 1.29 is 14.3 Å². The van der Waals surface area contributed by atoms with Gasteiger partial charge in [0.1, 0.15) is 17.9 Å². The fourth-order valence-corrected chi connectivity index (χ4v) is 5.84. The largest absolute Gasteiger partial charge is 0.487 e. The number of para-hydroxylation sites is 1. The van der Waals surface area contributed by atoms with Gasteiger partial charge in [0.2, 0.25) is 11.7 Å². The molecule has 0 N–H and O–H groups in total. The quantitative estimate of drug-likeness (QED) is 0.165. The Hall–Kier alpha value is -3.65. The zero-order valence-corrected chi connectivity index (χ0v) is 24.6. The van der Waals surface area contributed by atoms with Crippen LogP contribution in [0.1, 0.15) is 38.7 Å². The minimum atomic E-state index is -0.114. The first-order chi connectivity index (χ1) is 19.2. The van der Waals surface area contributed by atoms with Gasteiger partial charge >= 0.3 is 0 Å². The summed E-state index contributed by atoms with van der Waals surface area (Å²) in [7, 11) is 3.54. The van der Waals surface area contributed by atoms with Gasteiger partial charge in [-0.05, 0) is 61.2 Å². The normalized spacial score (nSPS) is 11.1. The number of aryl methyl sites for hydroxylation is 2. The maximum absolute atomic E-state index is 13.2. The summed E-state index contributed by atoms with van der Waals surface area (Å²) in [5.41, 5.74) is 4.28. The molecule has 0 aliphatic heterocycles. The van der Waals surface area contributed by atoms with Crippen molar-refractivity contribution in [3.8, 4) is 5.75 Å². The molecular weight excluding hydrogens is 565 g/mol. The fraction of sp³-hybridized carbons (Fsp3) is 0.194. The van der Waals surface area contributed by atoms with Crippen LogP contribution in [0, 0.1) is 6.92 Å². The Morgan fingerprint density at radius 2 is 1.85 bits per heavy atom. The number of rotatable bonds is 9. The van der Waals surface area contributed by atoms with Gasteiger partial charge in [0.15, 0.2) is 0 Å². The van der Waals surface area contributed by atoms with Crippen molar-refractivity contribution in [3.63, 3.8) is 0 Å². The van der Waals surface area contributed by atoms with E-state index in [1.165, 1.54) is 16.2 Å². The summed E-state index contributed by atoms with van der Waals surface area (Å²) in [6.45, 7) is 2.05. The Kier molecular flexibility index (Phi) is 8.26. The molecule has 9 heteroatoms. The van der Waals surface area contributed by atoms with Crippen LogP contribution in [0.3, 0.4) is 0 Å². The lowest BCUT2D eigenvalue weighted by Gasteiger charge is -2.21. The number of thiophene rings is 1. The number of ketones is 1. The molecule has 204 valence electrons. The first kappa shape index (κ1) is 27.9. The Labute approximate surface area is 246 Å². The van der Waals surface area contributed by atoms with E-state index in [2.05, 4.69) is 4.98 Å². The molecule has 40 heavy (non-hydrogen) atoms. The molecule has 2 aromatic carbocycles. The van der Waals surface area contributed by atoms with Gasteiger partial charge in [-0.25, -0.2) is 4.98 Å². The van der Waals surface area contributed by atoms with Crippen molar-refractivity contribution in [2.75, 3.05) is 11.9 Å². The molecule has 0 radical (unpaired) electrons. The molecule has 0 saturated carbocycles. The van der Waals surface area contributed by atoms with Crippen molar-refractivity contribution in [1.29, 1.82) is 0 Å². The van der Waals surface area contributed by atoms with Crippen LogP contribution in [0.4, 0.5) is 5.69 Å². The Morgan fingerprint density at radius 3 is 2.62 bits per heavy atom. The highest BCUT2D eigenvalue weighted by molar-refractivity contribution is 7.12. The summed E-state index contributed by atoms with van der Waals surface area (Å²) in [5.74, 6) is 0.490. The predicted octanol–water partition coefficient (Wildman–Crippen LogP) is 7.66. The topological polar surface area (TPSA) is 64.4 Å². The number of hydrogen-bond acceptors (Lipinski definition) is 5. The summed E-state index contributed by atoms with van der Waals surface area (Å²) >= 11 is 14.7. The zero-order chi connectivity index (χ0) is 28.4. The van der Waals surface area contributed by atoms with Crippen LogP contribution >= 0.6 is 34.5 Å². The molecule has 0 spiro atoms. The zero-order valence-electron chi connectivity index (χ0n) is 22.3. The molecule has 5 aromatic rings. The summed E-state index contributed by atoms with van der Waals surface area (Å²) in [5, 5.41) is 3.66. The second-order valence-corrected chi connectivity index (χ2v) is 11.2. The van der Waals surface area contributed by atoms with E-state index in [0.29, 0.717) is 44.0 Å². The third-order valence-electron chi connectivity index (χ3n) is 6.89. The number of ether oxygens (including phenoxy) is 1. The van der Waals surface area contributed by atoms with Gasteiger partial charge in [-0.1, -0.05) is 47.5 Å². The number of fused-ring (bicyclic) bond motifs is 1. The number of anilines is 1. The first-order valence-electron chi connectivity index (χ1n) is 12.7. The molecule has 0 aliphatic rings. The van der Waals surface area contributed by atoms with Crippen LogP contribution in [0.2, 0.25) is 10.0 Å². The Balaban J connectivity index is 1.29. The molecule has 6 nitrogen and oxygen atoms in total. The summed E-state index contributed by atoms with van der Waals surface area (Å²) < 4.78 is 7.97. The van der Waals surface area contributed by atoms with Crippen LogP contribution in [0.5, 0.6) is 5.75 Å². The molecule has 0 unspecified atom stereocenters. The van der Waals surface area contributed by atoms with Crippen LogP contribution in [-0.2, 0) is 24.9 Å². The van der Waals surface area contributed by atoms with E-state index in [1.54, 1.807) is 25.2 Å². The Morgan fingerprint density at radius 1 is 1.02 bits per heavy atom. The number of halogens is 2. The molecular formula is C31H27Cl2N3O3S. The van der Waals surface area contributed by atoms with Gasteiger partial charge in [0, 0.05) is 47.9 Å². The second-order valence-electron chi connectivity index (χ2n) is 9.46. The van der Waals surface area contributed by atoms with Gasteiger partial charge in [0.05, 0.1) is 21.3 Å². The van der Waals surface area contributed by atoms with Crippen LogP contribution in [0.15, 0.2) is 72.1 Å². The number of nitrogens with zero attached hydrogens (tertiary/aromatic N) is 3. The Bertz CT molecular complexity index is 1710. The van der Waals surface area contributed by atoms with Crippen molar-refractivity contribution in [2.45, 2.75) is 26.4 Å². The third-order valence-corrected chi connectivity index (χ3v) is 8.54. The summed E-state index contributed by atoms with van der Waals surface area (Å²) in [4.78, 5) is 32.8. The SMILES string of the molecule is Cc1ccc2cccc(OCc3c(Cl)ccc(N(C)C(=O)CCc4ccc(C(=O)c5cccs5)n4C)c3Cl)c2n1. The minimum Gasteiger partial charge on any atom is -0.487 e. The van der Waals surface area contributed by atoms with E-state index < -0.39 is 0 Å². The van der Waals surface area contributed by atoms with Crippen LogP contribution in [-0.4, -0.2) is 28.3 Å². The highest BCUT2D eigenvalue weighted by Gasteiger charge is 2.21. The minimum absolute atomic E-state index is 0.0238. The van der Waals surface area contributed by atoms with Crippen LogP contribution < -0.4 is 9.64 Å². The molecule has 0 bridgehead atoms. The number of carbonyl (C=O) groups is 2. The van der Waals surface area contributed by atoms with Gasteiger partial charge < -0.3 is 14.2 Å². The number of hydrogen-bond donors (Lipinski definition) is 0. The highest BCUT2D eigenvalue weighted by Crippen LogP contribution is 2.35. The van der Waals surface area contributed by atoms with Crippen LogP contribution in [0.25, 0.3) is 10.9 Å². The lowest BCUT2D eigenvalue weighted by atomic mass is 10.1. The van der Waals surface area contributed by atoms with E-state index in [4.69, 9.17) is 27.9 Å². The number of pyridine rings is 1. The smallest absolute Gasteiger partial charge is 0.227 e. The number of carbonyl (C=O) groups excluding carboxylic acids is 2. The molecule has 0 aliphatic carbocycles. The third kappa shape index (κ3) is 5.63. The molecule has 3 aromatic heterocycles. The molecule has 5 rings (SSSR count). The van der Waals surface area contributed by atoms with Crippen molar-refractivity contribution >= 4 is 62.8 Å². The molecule has 0 fully saturated rings. The van der Waals surface area contributed by atoms with Gasteiger partial charge in [-0.3, -0.25) is 9.59 Å². The predicted molar refractivity (Wildman–Crippen MR) is 162 cm³/mol. The van der Waals surface area contributed by atoms with E-state index in [0.717, 1.165) is 22.3 Å². The van der Waals surface area contributed by atoms with E-state index in [9.17, 15) is 9.59 Å². The van der Waals surface area contributed by atoms with E-state index in [-0.39, 0.29) is 24.7 Å². The van der Waals surface area contributed by atoms with Crippen molar-refractivity contribution in [3.05, 3.63) is 110 Å². The lowest BCUT2D eigenvalue weighted by Crippen LogP contribution is -2.27. The molecule has 0 atom stereocenters.